The number of carbonyl (C=O) groups excluding carboxylic acids is 1. The minimum atomic E-state index is -0.137. The first-order valence-corrected chi connectivity index (χ1v) is 10.6. The summed E-state index contributed by atoms with van der Waals surface area (Å²) in [7, 11) is 0. The average molecular weight is 389 g/mol. The van der Waals surface area contributed by atoms with Crippen LogP contribution in [-0.2, 0) is 5.75 Å². The maximum atomic E-state index is 12.3. The van der Waals surface area contributed by atoms with E-state index in [1.165, 1.54) is 0 Å². The van der Waals surface area contributed by atoms with Crippen LogP contribution in [0.25, 0.3) is 0 Å². The highest BCUT2D eigenvalue weighted by Gasteiger charge is 2.25. The Labute approximate surface area is 162 Å². The third-order valence-electron chi connectivity index (χ3n) is 4.83. The summed E-state index contributed by atoms with van der Waals surface area (Å²) in [6, 6.07) is 9.42. The molecule has 1 N–H and O–H groups in total. The monoisotopic (exact) mass is 389 g/mol. The maximum Gasteiger partial charge on any atom is 0.287 e. The Morgan fingerprint density at radius 1 is 1.15 bits per heavy atom. The molecule has 2 aromatic rings. The fourth-order valence-corrected chi connectivity index (χ4v) is 3.88. The van der Waals surface area contributed by atoms with E-state index in [0.717, 1.165) is 54.4 Å². The molecule has 2 aliphatic rings. The fraction of sp³-hybridized carbons (Fsp3) is 0.450. The Kier molecular flexibility index (Phi) is 5.48. The molecule has 1 aromatic heterocycles. The Morgan fingerprint density at radius 2 is 1.96 bits per heavy atom. The second-order valence-electron chi connectivity index (χ2n) is 6.78. The van der Waals surface area contributed by atoms with Crippen molar-refractivity contribution < 1.29 is 23.4 Å². The average Bonchev–Trinajstić information content (AvgIpc) is 3.32. The number of thioether (sulfide) groups is 1. The summed E-state index contributed by atoms with van der Waals surface area (Å²) in [4.78, 5) is 12.3. The molecule has 1 fully saturated rings. The van der Waals surface area contributed by atoms with Crippen LogP contribution >= 0.6 is 11.8 Å². The van der Waals surface area contributed by atoms with Crippen LogP contribution in [0.4, 0.5) is 0 Å². The first-order chi connectivity index (χ1) is 13.2. The minimum Gasteiger partial charge on any atom is -0.490 e. The number of benzene rings is 1. The number of rotatable bonds is 6. The van der Waals surface area contributed by atoms with Gasteiger partial charge in [0.2, 0.25) is 6.79 Å². The fourth-order valence-electron chi connectivity index (χ4n) is 3.44. The second kappa shape index (κ2) is 8.17. The van der Waals surface area contributed by atoms with Crippen molar-refractivity contribution >= 4 is 17.7 Å². The molecule has 1 aliphatic carbocycles. The van der Waals surface area contributed by atoms with E-state index in [2.05, 4.69) is 5.32 Å². The highest BCUT2D eigenvalue weighted by Crippen LogP contribution is 2.36. The quantitative estimate of drug-likeness (QED) is 0.806. The van der Waals surface area contributed by atoms with E-state index in [-0.39, 0.29) is 24.8 Å². The van der Waals surface area contributed by atoms with Gasteiger partial charge in [-0.2, -0.15) is 11.8 Å². The van der Waals surface area contributed by atoms with Crippen molar-refractivity contribution in [3.05, 3.63) is 41.9 Å². The zero-order valence-corrected chi connectivity index (χ0v) is 16.1. The number of hydrogen-bond donors (Lipinski definition) is 1. The lowest BCUT2D eigenvalue weighted by Gasteiger charge is -2.29. The van der Waals surface area contributed by atoms with Gasteiger partial charge in [0, 0.05) is 12.1 Å². The molecule has 0 spiro atoms. The third kappa shape index (κ3) is 4.35. The normalized spacial score (nSPS) is 21.1. The van der Waals surface area contributed by atoms with E-state index >= 15 is 0 Å². The summed E-state index contributed by atoms with van der Waals surface area (Å²) in [6.07, 6.45) is 5.73. The molecule has 1 aliphatic heterocycles. The van der Waals surface area contributed by atoms with Gasteiger partial charge in [0.25, 0.3) is 5.91 Å². The molecule has 1 saturated carbocycles. The first kappa shape index (κ1) is 18.1. The molecule has 1 aromatic carbocycles. The topological polar surface area (TPSA) is 69.9 Å². The summed E-state index contributed by atoms with van der Waals surface area (Å²) in [5.74, 6) is 4.13. The number of furan rings is 1. The summed E-state index contributed by atoms with van der Waals surface area (Å²) >= 11 is 1.67. The minimum absolute atomic E-state index is 0.137. The van der Waals surface area contributed by atoms with Crippen molar-refractivity contribution in [3.8, 4) is 17.2 Å². The van der Waals surface area contributed by atoms with Crippen LogP contribution in [-0.4, -0.2) is 31.1 Å². The Morgan fingerprint density at radius 3 is 2.78 bits per heavy atom. The molecule has 0 bridgehead atoms. The molecule has 0 unspecified atom stereocenters. The first-order valence-electron chi connectivity index (χ1n) is 9.16. The second-order valence-corrected chi connectivity index (χ2v) is 7.65. The van der Waals surface area contributed by atoms with E-state index in [1.807, 2.05) is 30.5 Å². The van der Waals surface area contributed by atoms with E-state index < -0.39 is 0 Å². The van der Waals surface area contributed by atoms with Gasteiger partial charge >= 0.3 is 0 Å². The lowest BCUT2D eigenvalue weighted by molar-refractivity contribution is 0.0865. The van der Waals surface area contributed by atoms with Gasteiger partial charge in [-0.3, -0.25) is 4.79 Å². The largest absolute Gasteiger partial charge is 0.490 e. The maximum absolute atomic E-state index is 12.3. The van der Waals surface area contributed by atoms with Gasteiger partial charge < -0.3 is 23.9 Å². The van der Waals surface area contributed by atoms with Gasteiger partial charge in [-0.25, -0.2) is 0 Å². The molecular formula is C20H23NO5S. The van der Waals surface area contributed by atoms with Gasteiger partial charge in [0.1, 0.15) is 11.5 Å². The van der Waals surface area contributed by atoms with Crippen LogP contribution in [0.3, 0.4) is 0 Å². The number of nitrogens with one attached hydrogen (secondary N) is 1. The van der Waals surface area contributed by atoms with Crippen LogP contribution in [0.5, 0.6) is 17.2 Å². The van der Waals surface area contributed by atoms with Crippen LogP contribution in [0.1, 0.15) is 42.0 Å². The van der Waals surface area contributed by atoms with Crippen LogP contribution in [0.15, 0.2) is 34.7 Å². The molecular weight excluding hydrogens is 366 g/mol. The smallest absolute Gasteiger partial charge is 0.287 e. The van der Waals surface area contributed by atoms with Gasteiger partial charge in [-0.15, -0.1) is 0 Å². The number of amides is 1. The van der Waals surface area contributed by atoms with Crippen molar-refractivity contribution in [2.75, 3.05) is 13.0 Å². The SMILES string of the molecule is CSCc1ccc(C(=O)NC2CCC(Oc3ccc4c(c3)OCO4)CC2)o1. The Bertz CT molecular complexity index is 797. The van der Waals surface area contributed by atoms with Crippen LogP contribution in [0.2, 0.25) is 0 Å². The van der Waals surface area contributed by atoms with Gasteiger partial charge in [-0.05, 0) is 56.2 Å². The Balaban J connectivity index is 1.25. The molecule has 27 heavy (non-hydrogen) atoms. The molecule has 7 heteroatoms. The molecule has 144 valence electrons. The van der Waals surface area contributed by atoms with E-state index in [9.17, 15) is 4.79 Å². The summed E-state index contributed by atoms with van der Waals surface area (Å²) in [6.45, 7) is 0.262. The Hall–Kier alpha value is -2.28. The van der Waals surface area contributed by atoms with Crippen molar-refractivity contribution in [2.45, 2.75) is 43.6 Å². The molecule has 1 amide bonds. The third-order valence-corrected chi connectivity index (χ3v) is 5.40. The molecule has 0 saturated heterocycles. The van der Waals surface area contributed by atoms with Crippen molar-refractivity contribution in [1.29, 1.82) is 0 Å². The summed E-state index contributed by atoms with van der Waals surface area (Å²) in [5, 5.41) is 3.08. The highest BCUT2D eigenvalue weighted by atomic mass is 32.2. The molecule has 6 nitrogen and oxygen atoms in total. The summed E-state index contributed by atoms with van der Waals surface area (Å²) in [5.41, 5.74) is 0. The molecule has 2 heterocycles. The highest BCUT2D eigenvalue weighted by molar-refractivity contribution is 7.97. The number of fused-ring (bicyclic) bond motifs is 1. The number of ether oxygens (including phenoxy) is 3. The molecule has 0 atom stereocenters. The van der Waals surface area contributed by atoms with Gasteiger partial charge in [0.15, 0.2) is 17.3 Å². The molecule has 4 rings (SSSR count). The number of carbonyl (C=O) groups is 1. The van der Waals surface area contributed by atoms with Crippen LogP contribution in [0, 0.1) is 0 Å². The zero-order chi connectivity index (χ0) is 18.6. The predicted octanol–water partition coefficient (Wildman–Crippen LogP) is 3.99. The lowest BCUT2D eigenvalue weighted by Crippen LogP contribution is -2.39. The lowest BCUT2D eigenvalue weighted by atomic mass is 9.93. The summed E-state index contributed by atoms with van der Waals surface area (Å²) < 4.78 is 22.4. The number of hydrogen-bond acceptors (Lipinski definition) is 6. The van der Waals surface area contributed by atoms with Crippen molar-refractivity contribution in [1.82, 2.24) is 5.32 Å². The standard InChI is InChI=1S/C20H23NO5S/c1-27-11-16-7-9-18(26-16)20(22)21-13-2-4-14(5-3-13)25-15-6-8-17-19(10-15)24-12-23-17/h6-10,13-14H,2-5,11-12H2,1H3,(H,21,22). The van der Waals surface area contributed by atoms with Gasteiger partial charge in [-0.1, -0.05) is 0 Å². The molecule has 0 radical (unpaired) electrons. The van der Waals surface area contributed by atoms with Crippen LogP contribution < -0.4 is 19.5 Å². The van der Waals surface area contributed by atoms with Crippen molar-refractivity contribution in [2.24, 2.45) is 0 Å². The predicted molar refractivity (Wildman–Crippen MR) is 103 cm³/mol. The zero-order valence-electron chi connectivity index (χ0n) is 15.2. The van der Waals surface area contributed by atoms with E-state index in [1.54, 1.807) is 17.8 Å². The van der Waals surface area contributed by atoms with Crippen molar-refractivity contribution in [3.63, 3.8) is 0 Å². The van der Waals surface area contributed by atoms with Gasteiger partial charge in [0.05, 0.1) is 11.9 Å². The van der Waals surface area contributed by atoms with E-state index in [4.69, 9.17) is 18.6 Å². The van der Waals surface area contributed by atoms with E-state index in [0.29, 0.717) is 5.76 Å².